The van der Waals surface area contributed by atoms with Crippen molar-refractivity contribution in [1.29, 1.82) is 0 Å². The zero-order valence-electron chi connectivity index (χ0n) is 16.7. The van der Waals surface area contributed by atoms with Crippen molar-refractivity contribution >= 4 is 40.4 Å². The molecule has 0 bridgehead atoms. The van der Waals surface area contributed by atoms with Gasteiger partial charge < -0.3 is 9.04 Å². The number of rotatable bonds is 3. The van der Waals surface area contributed by atoms with Gasteiger partial charge >= 0.3 is 6.09 Å². The number of ether oxygens (including phenoxy) is 1. The molecule has 3 heterocycles. The monoisotopic (exact) mass is 409 g/mol. The molecule has 4 rings (SSSR count). The fraction of sp³-hybridized carbons (Fsp3) is 0.318. The summed E-state index contributed by atoms with van der Waals surface area (Å²) < 4.78 is 9.06. The Hall–Kier alpha value is -2.80. The lowest BCUT2D eigenvalue weighted by molar-refractivity contribution is 0.0544. The highest BCUT2D eigenvalue weighted by molar-refractivity contribution is 8.00. The summed E-state index contributed by atoms with van der Waals surface area (Å²) in [6.07, 6.45) is 4.68. The summed E-state index contributed by atoms with van der Waals surface area (Å²) in [5.41, 5.74) is 1.62. The highest BCUT2D eigenvalue weighted by atomic mass is 32.2. The van der Waals surface area contributed by atoms with E-state index in [2.05, 4.69) is 9.29 Å². The molecule has 0 aliphatic carbocycles. The summed E-state index contributed by atoms with van der Waals surface area (Å²) in [6.45, 7) is 6.09. The summed E-state index contributed by atoms with van der Waals surface area (Å²) in [4.78, 5) is 30.2. The van der Waals surface area contributed by atoms with Gasteiger partial charge in [0.15, 0.2) is 5.78 Å². The molecule has 150 valence electrons. The summed E-state index contributed by atoms with van der Waals surface area (Å²) in [6, 6.07) is 11.3. The van der Waals surface area contributed by atoms with E-state index in [0.717, 1.165) is 11.1 Å². The standard InChI is InChI=1S/C22H23N3O3S/c1-22(2,3)28-21(27)24-13-18(17-8-4-5-9-19(17)24)20(26)15-12-25(29-14-15)16-7-6-10-23-11-16/h4-11,13,15H,12,14H2,1-3H3. The van der Waals surface area contributed by atoms with Crippen LogP contribution < -0.4 is 4.31 Å². The van der Waals surface area contributed by atoms with Crippen LogP contribution in [0, 0.1) is 5.92 Å². The van der Waals surface area contributed by atoms with Gasteiger partial charge in [-0.15, -0.1) is 0 Å². The van der Waals surface area contributed by atoms with Crippen LogP contribution in [0.3, 0.4) is 0 Å². The first-order valence-electron chi connectivity index (χ1n) is 9.51. The average molecular weight is 410 g/mol. The number of fused-ring (bicyclic) bond motifs is 1. The number of hydrogen-bond acceptors (Lipinski definition) is 6. The third-order valence-electron chi connectivity index (χ3n) is 4.69. The number of anilines is 1. The van der Waals surface area contributed by atoms with Crippen LogP contribution in [0.15, 0.2) is 55.0 Å². The number of para-hydroxylation sites is 1. The van der Waals surface area contributed by atoms with Crippen molar-refractivity contribution < 1.29 is 14.3 Å². The van der Waals surface area contributed by atoms with Crippen LogP contribution in [-0.4, -0.2) is 39.3 Å². The molecule has 0 spiro atoms. The highest BCUT2D eigenvalue weighted by Gasteiger charge is 2.32. The van der Waals surface area contributed by atoms with Crippen molar-refractivity contribution in [2.75, 3.05) is 16.6 Å². The molecule has 1 atom stereocenters. The maximum Gasteiger partial charge on any atom is 0.419 e. The van der Waals surface area contributed by atoms with E-state index in [-0.39, 0.29) is 11.7 Å². The van der Waals surface area contributed by atoms with Crippen molar-refractivity contribution in [3.8, 4) is 0 Å². The molecule has 1 aliphatic heterocycles. The molecule has 29 heavy (non-hydrogen) atoms. The lowest BCUT2D eigenvalue weighted by atomic mass is 9.98. The maximum absolute atomic E-state index is 13.3. The van der Waals surface area contributed by atoms with Gasteiger partial charge in [-0.3, -0.25) is 14.3 Å². The predicted octanol–water partition coefficient (Wildman–Crippen LogP) is 4.79. The van der Waals surface area contributed by atoms with E-state index in [4.69, 9.17) is 4.74 Å². The number of hydrogen-bond donors (Lipinski definition) is 0. The van der Waals surface area contributed by atoms with Gasteiger partial charge in [0.05, 0.1) is 23.3 Å². The molecule has 0 N–H and O–H groups in total. The van der Waals surface area contributed by atoms with Crippen molar-refractivity contribution in [2.24, 2.45) is 5.92 Å². The van der Waals surface area contributed by atoms with Crippen LogP contribution >= 0.6 is 11.9 Å². The second kappa shape index (κ2) is 7.55. The van der Waals surface area contributed by atoms with Gasteiger partial charge in [0.25, 0.3) is 0 Å². The molecule has 1 aliphatic rings. The number of nitrogens with zero attached hydrogens (tertiary/aromatic N) is 3. The lowest BCUT2D eigenvalue weighted by Gasteiger charge is -2.19. The van der Waals surface area contributed by atoms with E-state index in [1.54, 1.807) is 30.5 Å². The van der Waals surface area contributed by atoms with Gasteiger partial charge in [-0.1, -0.05) is 18.2 Å². The lowest BCUT2D eigenvalue weighted by Crippen LogP contribution is -2.27. The van der Waals surface area contributed by atoms with Crippen LogP contribution in [0.2, 0.25) is 0 Å². The second-order valence-corrected chi connectivity index (χ2v) is 9.07. The first-order valence-corrected chi connectivity index (χ1v) is 10.5. The van der Waals surface area contributed by atoms with Gasteiger partial charge in [-0.25, -0.2) is 4.79 Å². The van der Waals surface area contributed by atoms with Crippen LogP contribution in [0.5, 0.6) is 0 Å². The Bertz CT molecular complexity index is 1060. The average Bonchev–Trinajstić information content (AvgIpc) is 3.32. The van der Waals surface area contributed by atoms with E-state index >= 15 is 0 Å². The van der Waals surface area contributed by atoms with Crippen molar-refractivity contribution in [2.45, 2.75) is 26.4 Å². The van der Waals surface area contributed by atoms with Gasteiger partial charge in [-0.2, -0.15) is 0 Å². The quantitative estimate of drug-likeness (QED) is 0.458. The minimum absolute atomic E-state index is 0.0439. The SMILES string of the molecule is CC(C)(C)OC(=O)n1cc(C(=O)C2CSN(c3cccnc3)C2)c2ccccc21. The number of aromatic nitrogens is 2. The number of ketones is 1. The molecule has 1 saturated heterocycles. The second-order valence-electron chi connectivity index (χ2n) is 8.04. The van der Waals surface area contributed by atoms with Crippen molar-refractivity contribution in [1.82, 2.24) is 9.55 Å². The summed E-state index contributed by atoms with van der Waals surface area (Å²) >= 11 is 1.63. The third-order valence-corrected chi connectivity index (χ3v) is 5.91. The topological polar surface area (TPSA) is 64.4 Å². The molecule has 2 aromatic heterocycles. The molecular formula is C22H23N3O3S. The first kappa shape index (κ1) is 19.5. The normalized spacial score (nSPS) is 16.9. The maximum atomic E-state index is 13.3. The van der Waals surface area contributed by atoms with E-state index < -0.39 is 11.7 Å². The summed E-state index contributed by atoms with van der Waals surface area (Å²) in [7, 11) is 0. The Labute approximate surface area is 174 Å². The number of pyridine rings is 1. The molecule has 1 fully saturated rings. The first-order chi connectivity index (χ1) is 13.8. The van der Waals surface area contributed by atoms with Crippen LogP contribution in [0.1, 0.15) is 31.1 Å². The molecule has 1 aromatic carbocycles. The smallest absolute Gasteiger partial charge is 0.419 e. The van der Waals surface area contributed by atoms with E-state index in [0.29, 0.717) is 23.4 Å². The minimum Gasteiger partial charge on any atom is -0.443 e. The van der Waals surface area contributed by atoms with Crippen LogP contribution in [-0.2, 0) is 4.74 Å². The third kappa shape index (κ3) is 4.00. The highest BCUT2D eigenvalue weighted by Crippen LogP contribution is 2.34. The fourth-order valence-electron chi connectivity index (χ4n) is 3.38. The Morgan fingerprint density at radius 3 is 2.69 bits per heavy atom. The van der Waals surface area contributed by atoms with Gasteiger partial charge in [0.1, 0.15) is 5.60 Å². The molecule has 1 unspecified atom stereocenters. The fourth-order valence-corrected chi connectivity index (χ4v) is 4.54. The number of carbonyl (C=O) groups is 2. The van der Waals surface area contributed by atoms with E-state index in [9.17, 15) is 9.59 Å². The Morgan fingerprint density at radius 2 is 1.97 bits per heavy atom. The molecule has 3 aromatic rings. The van der Waals surface area contributed by atoms with Crippen molar-refractivity contribution in [3.63, 3.8) is 0 Å². The van der Waals surface area contributed by atoms with Crippen LogP contribution in [0.4, 0.5) is 10.5 Å². The van der Waals surface area contributed by atoms with Gasteiger partial charge in [-0.05, 0) is 50.9 Å². The Morgan fingerprint density at radius 1 is 1.17 bits per heavy atom. The van der Waals surface area contributed by atoms with Crippen LogP contribution in [0.25, 0.3) is 10.9 Å². The zero-order chi connectivity index (χ0) is 20.6. The molecule has 0 radical (unpaired) electrons. The van der Waals surface area contributed by atoms with E-state index in [1.165, 1.54) is 4.57 Å². The van der Waals surface area contributed by atoms with Crippen molar-refractivity contribution in [3.05, 3.63) is 60.6 Å². The van der Waals surface area contributed by atoms with Gasteiger partial charge in [0, 0.05) is 35.6 Å². The summed E-state index contributed by atoms with van der Waals surface area (Å²) in [5.74, 6) is 0.583. The number of carbonyl (C=O) groups excluding carboxylic acids is 2. The molecule has 6 nitrogen and oxygen atoms in total. The van der Waals surface area contributed by atoms with Gasteiger partial charge in [0.2, 0.25) is 0 Å². The largest absolute Gasteiger partial charge is 0.443 e. The number of Topliss-reactive ketones (excluding diaryl/α,β-unsaturated/α-hetero) is 1. The molecule has 0 amide bonds. The Balaban J connectivity index is 1.62. The zero-order valence-corrected chi connectivity index (χ0v) is 17.5. The molecule has 0 saturated carbocycles. The summed E-state index contributed by atoms with van der Waals surface area (Å²) in [5, 5.41) is 0.771. The minimum atomic E-state index is -0.612. The van der Waals surface area contributed by atoms with E-state index in [1.807, 2.05) is 57.2 Å². The molecule has 7 heteroatoms. The predicted molar refractivity (Wildman–Crippen MR) is 115 cm³/mol. The Kier molecular flexibility index (Phi) is 5.08. The molecular weight excluding hydrogens is 386 g/mol. The number of benzene rings is 1.